The Balaban J connectivity index is 1.41. The molecule has 0 aromatic carbocycles. The molecule has 0 saturated carbocycles. The summed E-state index contributed by atoms with van der Waals surface area (Å²) >= 11 is 0. The zero-order valence-electron chi connectivity index (χ0n) is 24.6. The summed E-state index contributed by atoms with van der Waals surface area (Å²) in [4.78, 5) is 0. The maximum absolute atomic E-state index is 14.5. The normalized spacial score (nSPS) is 26.0. The number of ether oxygens (including phenoxy) is 5. The molecule has 4 heterocycles. The summed E-state index contributed by atoms with van der Waals surface area (Å²) in [7, 11) is -4.82. The van der Waals surface area contributed by atoms with E-state index in [0.717, 1.165) is 0 Å². The first-order chi connectivity index (χ1) is 19.3. The molecule has 2 atom stereocenters. The molecule has 15 heteroatoms. The molecule has 4 rings (SSSR count). The van der Waals surface area contributed by atoms with Crippen LogP contribution >= 0.6 is 15.3 Å². The van der Waals surface area contributed by atoms with Crippen LogP contribution in [0, 0.1) is 11.3 Å². The first kappa shape index (κ1) is 32.9. The van der Waals surface area contributed by atoms with E-state index in [1.165, 1.54) is 0 Å². The molecule has 0 spiro atoms. The van der Waals surface area contributed by atoms with Gasteiger partial charge in [0.05, 0.1) is 72.7 Å². The summed E-state index contributed by atoms with van der Waals surface area (Å²) in [6.45, 7) is 14.1. The van der Waals surface area contributed by atoms with Gasteiger partial charge in [0.2, 0.25) is 0 Å². The smallest absolute Gasteiger partial charge is 0.346 e. The van der Waals surface area contributed by atoms with E-state index in [-0.39, 0.29) is 12.5 Å². The summed E-state index contributed by atoms with van der Waals surface area (Å²) in [6, 6.07) is 0. The van der Waals surface area contributed by atoms with Crippen molar-refractivity contribution >= 4 is 15.3 Å². The highest BCUT2D eigenvalue weighted by molar-refractivity contribution is 7.54. The minimum Gasteiger partial charge on any atom is -0.384 e. The molecular formula is C25H50N4O9P2. The van der Waals surface area contributed by atoms with Crippen LogP contribution in [0.5, 0.6) is 0 Å². The van der Waals surface area contributed by atoms with Gasteiger partial charge in [-0.1, -0.05) is 13.8 Å². The second-order valence-electron chi connectivity index (χ2n) is 11.4. The van der Waals surface area contributed by atoms with Crippen molar-refractivity contribution in [1.29, 1.82) is 0 Å². The Hall–Kier alpha value is 0.0200. The average Bonchev–Trinajstić information content (AvgIpc) is 3.00. The Kier molecular flexibility index (Phi) is 12.9. The van der Waals surface area contributed by atoms with Gasteiger partial charge in [0.25, 0.3) is 0 Å². The van der Waals surface area contributed by atoms with Crippen molar-refractivity contribution in [2.75, 3.05) is 132 Å². The van der Waals surface area contributed by atoms with Gasteiger partial charge in [-0.15, -0.1) is 0 Å². The van der Waals surface area contributed by atoms with Gasteiger partial charge in [-0.25, -0.2) is 18.7 Å². The molecule has 0 amide bonds. The second-order valence-corrected chi connectivity index (χ2v) is 16.1. The summed E-state index contributed by atoms with van der Waals surface area (Å²) < 4.78 is 77.0. The fourth-order valence-corrected chi connectivity index (χ4v) is 10.8. The van der Waals surface area contributed by atoms with E-state index in [9.17, 15) is 9.13 Å². The van der Waals surface area contributed by atoms with Crippen LogP contribution in [0.4, 0.5) is 0 Å². The largest absolute Gasteiger partial charge is 0.384 e. The molecule has 40 heavy (non-hydrogen) atoms. The van der Waals surface area contributed by atoms with Crippen LogP contribution in [0.3, 0.4) is 0 Å². The average molecular weight is 613 g/mol. The minimum atomic E-state index is -3.27. The zero-order chi connectivity index (χ0) is 28.5. The quantitative estimate of drug-likeness (QED) is 0.268. The predicted molar refractivity (Wildman–Crippen MR) is 150 cm³/mol. The SMILES string of the molecule is COC[C@@](C)(COP(=O)(N1CCOCC1)N1CCOCC1)C[C@H](C)COP(=O)(N1CCOCC1)N1CCOCC1. The third kappa shape index (κ3) is 8.56. The van der Waals surface area contributed by atoms with Crippen molar-refractivity contribution in [2.45, 2.75) is 20.3 Å². The van der Waals surface area contributed by atoms with Gasteiger partial charge in [-0.2, -0.15) is 0 Å². The molecule has 234 valence electrons. The van der Waals surface area contributed by atoms with Gasteiger partial charge in [-0.05, 0) is 12.3 Å². The van der Waals surface area contributed by atoms with Gasteiger partial charge in [0.1, 0.15) is 0 Å². The van der Waals surface area contributed by atoms with Crippen molar-refractivity contribution in [1.82, 2.24) is 18.7 Å². The number of methoxy groups -OCH3 is 1. The first-order valence-corrected chi connectivity index (χ1v) is 17.7. The second kappa shape index (κ2) is 15.7. The number of rotatable bonds is 14. The van der Waals surface area contributed by atoms with Crippen LogP contribution in [-0.2, 0) is 41.9 Å². The van der Waals surface area contributed by atoms with E-state index in [0.29, 0.717) is 125 Å². The molecule has 0 N–H and O–H groups in total. The Morgan fingerprint density at radius 2 is 1.00 bits per heavy atom. The number of hydrogen-bond acceptors (Lipinski definition) is 9. The Bertz CT molecular complexity index is 806. The fraction of sp³-hybridized carbons (Fsp3) is 1.00. The van der Waals surface area contributed by atoms with E-state index in [4.69, 9.17) is 32.7 Å². The van der Waals surface area contributed by atoms with E-state index >= 15 is 0 Å². The van der Waals surface area contributed by atoms with Gasteiger partial charge < -0.3 is 32.7 Å². The third-order valence-electron chi connectivity index (χ3n) is 7.82. The predicted octanol–water partition coefficient (Wildman–Crippen LogP) is 2.24. The molecule has 0 aromatic rings. The molecule has 0 bridgehead atoms. The van der Waals surface area contributed by atoms with E-state index in [2.05, 4.69) is 13.8 Å². The first-order valence-electron chi connectivity index (χ1n) is 14.6. The Labute approximate surface area is 239 Å². The van der Waals surface area contributed by atoms with Crippen LogP contribution < -0.4 is 0 Å². The molecule has 0 aromatic heterocycles. The maximum Gasteiger partial charge on any atom is 0.346 e. The lowest BCUT2D eigenvalue weighted by molar-refractivity contribution is 0.00479. The molecular weight excluding hydrogens is 562 g/mol. The fourth-order valence-electron chi connectivity index (χ4n) is 5.78. The van der Waals surface area contributed by atoms with Gasteiger partial charge in [0, 0.05) is 64.9 Å². The van der Waals surface area contributed by atoms with Crippen molar-refractivity contribution in [2.24, 2.45) is 11.3 Å². The van der Waals surface area contributed by atoms with E-state index in [1.54, 1.807) is 7.11 Å². The standard InChI is InChI=1S/C25H50N4O9P2/c1-24(21-37-39(30,26-4-12-33-13-5-26)27-6-14-34-15-7-27)20-25(2,22-32-3)23-38-40(31,28-8-16-35-17-9-28)29-10-18-36-19-11-29/h24H,4-23H2,1-3H3/t24-,25-/m0/s1. The Morgan fingerprint density at radius 3 is 1.35 bits per heavy atom. The highest BCUT2D eigenvalue weighted by Gasteiger charge is 2.44. The molecule has 0 radical (unpaired) electrons. The van der Waals surface area contributed by atoms with E-state index in [1.807, 2.05) is 18.7 Å². The number of hydrogen-bond donors (Lipinski definition) is 0. The molecule has 0 unspecified atom stereocenters. The summed E-state index contributed by atoms with van der Waals surface area (Å²) in [6.07, 6.45) is 0.694. The lowest BCUT2D eigenvalue weighted by atomic mass is 9.83. The molecule has 0 aliphatic carbocycles. The van der Waals surface area contributed by atoms with Gasteiger partial charge in [0.15, 0.2) is 0 Å². The van der Waals surface area contributed by atoms with Crippen LogP contribution in [0.2, 0.25) is 0 Å². The molecule has 13 nitrogen and oxygen atoms in total. The van der Waals surface area contributed by atoms with Crippen molar-refractivity contribution in [3.8, 4) is 0 Å². The van der Waals surface area contributed by atoms with E-state index < -0.39 is 20.8 Å². The minimum absolute atomic E-state index is 0.0605. The van der Waals surface area contributed by atoms with Crippen LogP contribution in [-0.4, -0.2) is 151 Å². The van der Waals surface area contributed by atoms with Crippen LogP contribution in [0.25, 0.3) is 0 Å². The highest BCUT2D eigenvalue weighted by atomic mass is 31.2. The topological polar surface area (TPSA) is 112 Å². The summed E-state index contributed by atoms with van der Waals surface area (Å²) in [5, 5.41) is 0. The van der Waals surface area contributed by atoms with Gasteiger partial charge >= 0.3 is 15.3 Å². The van der Waals surface area contributed by atoms with Crippen LogP contribution in [0.1, 0.15) is 20.3 Å². The lowest BCUT2D eigenvalue weighted by Gasteiger charge is -2.43. The monoisotopic (exact) mass is 612 g/mol. The zero-order valence-corrected chi connectivity index (χ0v) is 26.4. The molecule has 4 aliphatic heterocycles. The van der Waals surface area contributed by atoms with Crippen LogP contribution in [0.15, 0.2) is 0 Å². The number of morpholine rings is 4. The molecule has 4 fully saturated rings. The van der Waals surface area contributed by atoms with Crippen molar-refractivity contribution in [3.63, 3.8) is 0 Å². The summed E-state index contributed by atoms with van der Waals surface area (Å²) in [5.41, 5.74) is -0.423. The van der Waals surface area contributed by atoms with Crippen molar-refractivity contribution in [3.05, 3.63) is 0 Å². The maximum atomic E-state index is 14.5. The number of nitrogens with zero attached hydrogens (tertiary/aromatic N) is 4. The van der Waals surface area contributed by atoms with Gasteiger partial charge in [-0.3, -0.25) is 9.13 Å². The molecule has 4 aliphatic rings. The molecule has 4 saturated heterocycles. The van der Waals surface area contributed by atoms with Crippen molar-refractivity contribution < 1.29 is 41.9 Å². The highest BCUT2D eigenvalue weighted by Crippen LogP contribution is 2.57. The summed E-state index contributed by atoms with van der Waals surface area (Å²) in [5.74, 6) is 0.0605. The third-order valence-corrected chi connectivity index (χ3v) is 13.2. The Morgan fingerprint density at radius 1 is 0.650 bits per heavy atom. The lowest BCUT2D eigenvalue weighted by Crippen LogP contribution is -2.45.